The Kier molecular flexibility index (Phi) is 3.41. The molecule has 0 amide bonds. The molecule has 0 aromatic heterocycles. The van der Waals surface area contributed by atoms with Gasteiger partial charge in [-0.05, 0) is 49.8 Å². The number of allylic oxidation sites excluding steroid dienone is 1. The number of fused-ring (bicyclic) bond motifs is 2. The van der Waals surface area contributed by atoms with E-state index in [0.29, 0.717) is 28.6 Å². The summed E-state index contributed by atoms with van der Waals surface area (Å²) < 4.78 is 22.0. The first-order valence-electron chi connectivity index (χ1n) is 7.75. The van der Waals surface area contributed by atoms with Crippen LogP contribution in [-0.2, 0) is 0 Å². The summed E-state index contributed by atoms with van der Waals surface area (Å²) in [6.07, 6.45) is 1.76. The quantitative estimate of drug-likeness (QED) is 0.803. The number of hydrogen-bond donors (Lipinski definition) is 0. The van der Waals surface area contributed by atoms with Gasteiger partial charge in [0.1, 0.15) is 11.5 Å². The molecule has 0 saturated carbocycles. The van der Waals surface area contributed by atoms with Gasteiger partial charge in [0.25, 0.3) is 0 Å². The Balaban J connectivity index is 1.62. The molecule has 2 aliphatic rings. The zero-order valence-electron chi connectivity index (χ0n) is 13.4. The predicted octanol–water partition coefficient (Wildman–Crippen LogP) is 3.82. The molecular weight excluding hydrogens is 308 g/mol. The van der Waals surface area contributed by atoms with E-state index in [1.807, 2.05) is 32.0 Å². The molecule has 2 aliphatic heterocycles. The average Bonchev–Trinajstić information content (AvgIpc) is 3.11. The molecule has 5 nitrogen and oxygen atoms in total. The van der Waals surface area contributed by atoms with Crippen molar-refractivity contribution in [3.05, 3.63) is 53.3 Å². The van der Waals surface area contributed by atoms with E-state index in [1.165, 1.54) is 0 Å². The maximum Gasteiger partial charge on any atom is 0.231 e. The second-order valence-corrected chi connectivity index (χ2v) is 5.88. The van der Waals surface area contributed by atoms with Crippen LogP contribution in [0.15, 0.2) is 42.2 Å². The van der Waals surface area contributed by atoms with Crippen LogP contribution in [0.25, 0.3) is 6.08 Å². The van der Waals surface area contributed by atoms with Gasteiger partial charge in [-0.3, -0.25) is 4.79 Å². The number of carbonyl (C=O) groups is 1. The molecule has 0 spiro atoms. The predicted molar refractivity (Wildman–Crippen MR) is 87.7 cm³/mol. The smallest absolute Gasteiger partial charge is 0.231 e. The van der Waals surface area contributed by atoms with Gasteiger partial charge in [-0.1, -0.05) is 6.07 Å². The summed E-state index contributed by atoms with van der Waals surface area (Å²) in [6, 6.07) is 10.7. The lowest BCUT2D eigenvalue weighted by Gasteiger charge is -2.09. The molecule has 0 bridgehead atoms. The van der Waals surface area contributed by atoms with Crippen LogP contribution in [0.5, 0.6) is 23.0 Å². The molecule has 122 valence electrons. The van der Waals surface area contributed by atoms with E-state index in [4.69, 9.17) is 18.9 Å². The normalized spacial score (nSPS) is 16.5. The zero-order chi connectivity index (χ0) is 16.7. The Morgan fingerprint density at radius 1 is 1.04 bits per heavy atom. The highest BCUT2D eigenvalue weighted by atomic mass is 16.7. The van der Waals surface area contributed by atoms with Crippen molar-refractivity contribution in [2.45, 2.75) is 20.0 Å². The van der Waals surface area contributed by atoms with Crippen LogP contribution in [0.3, 0.4) is 0 Å². The minimum atomic E-state index is -0.140. The summed E-state index contributed by atoms with van der Waals surface area (Å²) >= 11 is 0. The lowest BCUT2D eigenvalue weighted by molar-refractivity contribution is 0.101. The minimum Gasteiger partial charge on any atom is -0.491 e. The minimum absolute atomic E-state index is 0.0591. The van der Waals surface area contributed by atoms with Crippen molar-refractivity contribution in [2.75, 3.05) is 6.79 Å². The van der Waals surface area contributed by atoms with Crippen molar-refractivity contribution in [1.82, 2.24) is 0 Å². The van der Waals surface area contributed by atoms with Crippen LogP contribution >= 0.6 is 0 Å². The summed E-state index contributed by atoms with van der Waals surface area (Å²) in [6.45, 7) is 4.11. The van der Waals surface area contributed by atoms with Gasteiger partial charge in [0.05, 0.1) is 11.7 Å². The third-order valence-corrected chi connectivity index (χ3v) is 3.71. The summed E-state index contributed by atoms with van der Waals surface area (Å²) in [4.78, 5) is 12.5. The highest BCUT2D eigenvalue weighted by Gasteiger charge is 2.28. The molecule has 0 aliphatic carbocycles. The summed E-state index contributed by atoms with van der Waals surface area (Å²) in [5, 5.41) is 0. The zero-order valence-corrected chi connectivity index (χ0v) is 13.4. The monoisotopic (exact) mass is 324 g/mol. The van der Waals surface area contributed by atoms with E-state index in [-0.39, 0.29) is 24.4 Å². The fourth-order valence-corrected chi connectivity index (χ4v) is 2.67. The Morgan fingerprint density at radius 3 is 2.71 bits per heavy atom. The van der Waals surface area contributed by atoms with E-state index in [9.17, 15) is 4.79 Å². The summed E-state index contributed by atoms with van der Waals surface area (Å²) in [5.74, 6) is 2.71. The highest BCUT2D eigenvalue weighted by Crippen LogP contribution is 2.37. The molecule has 4 rings (SSSR count). The van der Waals surface area contributed by atoms with Crippen LogP contribution in [-0.4, -0.2) is 18.7 Å². The number of Topliss-reactive ketones (excluding diaryl/α,β-unsaturated/α-hetero) is 1. The second kappa shape index (κ2) is 5.60. The number of ether oxygens (including phenoxy) is 4. The van der Waals surface area contributed by atoms with Crippen molar-refractivity contribution >= 4 is 11.9 Å². The fraction of sp³-hybridized carbons (Fsp3) is 0.211. The third kappa shape index (κ3) is 2.58. The highest BCUT2D eigenvalue weighted by molar-refractivity contribution is 6.14. The maximum atomic E-state index is 12.5. The molecule has 2 heterocycles. The number of rotatable bonds is 3. The van der Waals surface area contributed by atoms with Gasteiger partial charge < -0.3 is 18.9 Å². The van der Waals surface area contributed by atoms with E-state index in [1.54, 1.807) is 24.3 Å². The molecule has 0 N–H and O–H groups in total. The van der Waals surface area contributed by atoms with Gasteiger partial charge in [-0.15, -0.1) is 0 Å². The van der Waals surface area contributed by atoms with Crippen LogP contribution in [0.4, 0.5) is 0 Å². The molecule has 2 aromatic carbocycles. The molecular formula is C19H16O5. The Bertz CT molecular complexity index is 851. The van der Waals surface area contributed by atoms with E-state index in [2.05, 4.69) is 0 Å². The van der Waals surface area contributed by atoms with Crippen molar-refractivity contribution in [2.24, 2.45) is 0 Å². The van der Waals surface area contributed by atoms with Gasteiger partial charge in [0.2, 0.25) is 12.6 Å². The van der Waals surface area contributed by atoms with Gasteiger partial charge in [0, 0.05) is 6.07 Å². The topological polar surface area (TPSA) is 54.0 Å². The molecule has 24 heavy (non-hydrogen) atoms. The standard InChI is InChI=1S/C19H16O5/c1-11(2)23-13-4-5-14-16(9-13)24-18(19(14)20)8-12-3-6-15-17(7-12)22-10-21-15/h3-9,11H,10H2,1-2H3. The largest absolute Gasteiger partial charge is 0.491 e. The molecule has 0 fully saturated rings. The Labute approximate surface area is 139 Å². The van der Waals surface area contributed by atoms with Crippen molar-refractivity contribution in [3.8, 4) is 23.0 Å². The fourth-order valence-electron chi connectivity index (χ4n) is 2.67. The first-order chi connectivity index (χ1) is 11.6. The van der Waals surface area contributed by atoms with Crippen molar-refractivity contribution in [3.63, 3.8) is 0 Å². The summed E-state index contributed by atoms with van der Waals surface area (Å²) in [7, 11) is 0. The van der Waals surface area contributed by atoms with Crippen LogP contribution in [0.1, 0.15) is 29.8 Å². The van der Waals surface area contributed by atoms with Gasteiger partial charge in [-0.2, -0.15) is 0 Å². The van der Waals surface area contributed by atoms with Gasteiger partial charge in [0.15, 0.2) is 17.3 Å². The first-order valence-corrected chi connectivity index (χ1v) is 7.75. The van der Waals surface area contributed by atoms with Crippen molar-refractivity contribution in [1.29, 1.82) is 0 Å². The SMILES string of the molecule is CC(C)Oc1ccc2c(c1)OC(=Cc1ccc3c(c1)OCO3)C2=O. The molecule has 0 saturated heterocycles. The van der Waals surface area contributed by atoms with Gasteiger partial charge >= 0.3 is 0 Å². The van der Waals surface area contributed by atoms with Crippen LogP contribution in [0, 0.1) is 0 Å². The van der Waals surface area contributed by atoms with E-state index < -0.39 is 0 Å². The first kappa shape index (κ1) is 14.6. The number of carbonyl (C=O) groups excluding carboxylic acids is 1. The maximum absolute atomic E-state index is 12.5. The number of hydrogen-bond acceptors (Lipinski definition) is 5. The van der Waals surface area contributed by atoms with E-state index >= 15 is 0 Å². The molecule has 0 radical (unpaired) electrons. The van der Waals surface area contributed by atoms with Crippen LogP contribution < -0.4 is 18.9 Å². The van der Waals surface area contributed by atoms with Gasteiger partial charge in [-0.25, -0.2) is 0 Å². The van der Waals surface area contributed by atoms with Crippen LogP contribution in [0.2, 0.25) is 0 Å². The Hall–Kier alpha value is -2.95. The average molecular weight is 324 g/mol. The molecule has 5 heteroatoms. The molecule has 0 atom stereocenters. The number of ketones is 1. The second-order valence-electron chi connectivity index (χ2n) is 5.88. The molecule has 0 unspecified atom stereocenters. The van der Waals surface area contributed by atoms with Crippen molar-refractivity contribution < 1.29 is 23.7 Å². The third-order valence-electron chi connectivity index (χ3n) is 3.71. The van der Waals surface area contributed by atoms with E-state index in [0.717, 1.165) is 5.56 Å². The summed E-state index contributed by atoms with van der Waals surface area (Å²) in [5.41, 5.74) is 1.35. The lowest BCUT2D eigenvalue weighted by Crippen LogP contribution is -2.05. The lowest BCUT2D eigenvalue weighted by atomic mass is 10.1. The number of benzene rings is 2. The Morgan fingerprint density at radius 2 is 1.88 bits per heavy atom. The molecule has 2 aromatic rings.